The molecule has 0 radical (unpaired) electrons. The number of carbonyl (C=O) groups excluding carboxylic acids is 2. The fraction of sp³-hybridized carbons (Fsp3) is 0.500. The molecular weight excluding hydrogens is 220 g/mol. The van der Waals surface area contributed by atoms with Crippen molar-refractivity contribution in [2.45, 2.75) is 32.4 Å². The van der Waals surface area contributed by atoms with Gasteiger partial charge in [-0.1, -0.05) is 0 Å². The van der Waals surface area contributed by atoms with Crippen LogP contribution in [-0.4, -0.2) is 29.8 Å². The molecule has 0 spiro atoms. The van der Waals surface area contributed by atoms with Crippen molar-refractivity contribution in [1.82, 2.24) is 10.2 Å². The van der Waals surface area contributed by atoms with Crippen molar-refractivity contribution in [3.63, 3.8) is 0 Å². The number of carbonyl (C=O) groups is 2. The Morgan fingerprint density at radius 1 is 1.47 bits per heavy atom. The lowest BCUT2D eigenvalue weighted by molar-refractivity contribution is -0.148. The highest BCUT2D eigenvalue weighted by Gasteiger charge is 2.31. The summed E-state index contributed by atoms with van der Waals surface area (Å²) in [6.07, 6.45) is 0.971. The number of hydrogen-bond acceptors (Lipinski definition) is 4. The number of nitrogens with one attached hydrogen (secondary N) is 1. The second-order valence-electron chi connectivity index (χ2n) is 4.28. The molecule has 2 heterocycles. The van der Waals surface area contributed by atoms with Gasteiger partial charge in [-0.2, -0.15) is 0 Å². The molecule has 0 aliphatic carbocycles. The zero-order chi connectivity index (χ0) is 12.4. The molecule has 92 valence electrons. The summed E-state index contributed by atoms with van der Waals surface area (Å²) in [6.45, 7) is 2.38. The molecule has 1 aliphatic rings. The van der Waals surface area contributed by atoms with Crippen LogP contribution in [0.5, 0.6) is 0 Å². The van der Waals surface area contributed by atoms with Crippen molar-refractivity contribution in [2.24, 2.45) is 0 Å². The Balaban J connectivity index is 1.91. The highest BCUT2D eigenvalue weighted by Crippen LogP contribution is 2.13. The molecule has 1 aliphatic heterocycles. The summed E-state index contributed by atoms with van der Waals surface area (Å²) in [5.74, 6) is 1.38. The molecule has 1 aromatic rings. The first kappa shape index (κ1) is 11.9. The maximum absolute atomic E-state index is 11.8. The van der Waals surface area contributed by atoms with Crippen molar-refractivity contribution < 1.29 is 14.0 Å². The van der Waals surface area contributed by atoms with Gasteiger partial charge in [-0.3, -0.25) is 19.8 Å². The molecule has 5 nitrogen and oxygen atoms in total. The standard InChI is InChI=1S/C12H16N2O3/c1-8-3-4-9(17-8)7-13-10-5-6-11(15)14(2)12(10)16/h3-4,10,13H,5-7H2,1-2H3. The zero-order valence-corrected chi connectivity index (χ0v) is 10.0. The second kappa shape index (κ2) is 4.71. The number of furan rings is 1. The van der Waals surface area contributed by atoms with Crippen molar-refractivity contribution in [3.8, 4) is 0 Å². The topological polar surface area (TPSA) is 62.6 Å². The first-order chi connectivity index (χ1) is 8.08. The zero-order valence-electron chi connectivity index (χ0n) is 10.0. The van der Waals surface area contributed by atoms with Gasteiger partial charge >= 0.3 is 0 Å². The lowest BCUT2D eigenvalue weighted by atomic mass is 10.0. The largest absolute Gasteiger partial charge is 0.465 e. The van der Waals surface area contributed by atoms with Gasteiger partial charge < -0.3 is 4.42 Å². The fourth-order valence-corrected chi connectivity index (χ4v) is 1.91. The maximum Gasteiger partial charge on any atom is 0.246 e. The molecule has 1 atom stereocenters. The number of likely N-dealkylation sites (tertiary alicyclic amines) is 1. The number of amides is 2. The van der Waals surface area contributed by atoms with Gasteiger partial charge in [0.1, 0.15) is 11.5 Å². The number of rotatable bonds is 3. The molecule has 0 bridgehead atoms. The summed E-state index contributed by atoms with van der Waals surface area (Å²) in [4.78, 5) is 24.2. The lowest BCUT2D eigenvalue weighted by Crippen LogP contribution is -2.51. The van der Waals surface area contributed by atoms with E-state index in [4.69, 9.17) is 4.42 Å². The molecule has 1 aromatic heterocycles. The van der Waals surface area contributed by atoms with Crippen LogP contribution in [-0.2, 0) is 16.1 Å². The minimum Gasteiger partial charge on any atom is -0.465 e. The van der Waals surface area contributed by atoms with E-state index in [2.05, 4.69) is 5.32 Å². The fourth-order valence-electron chi connectivity index (χ4n) is 1.91. The Morgan fingerprint density at radius 3 is 2.88 bits per heavy atom. The van der Waals surface area contributed by atoms with E-state index in [0.717, 1.165) is 11.5 Å². The number of hydrogen-bond donors (Lipinski definition) is 1. The molecule has 1 N–H and O–H groups in total. The Labute approximate surface area is 99.8 Å². The Bertz CT molecular complexity index is 439. The first-order valence-electron chi connectivity index (χ1n) is 5.67. The van der Waals surface area contributed by atoms with E-state index in [0.29, 0.717) is 19.4 Å². The van der Waals surface area contributed by atoms with E-state index in [9.17, 15) is 9.59 Å². The van der Waals surface area contributed by atoms with E-state index in [1.165, 1.54) is 11.9 Å². The molecule has 1 saturated heterocycles. The van der Waals surface area contributed by atoms with Crippen molar-refractivity contribution >= 4 is 11.8 Å². The molecular formula is C12H16N2O3. The van der Waals surface area contributed by atoms with E-state index in [-0.39, 0.29) is 17.9 Å². The molecule has 0 aromatic carbocycles. The van der Waals surface area contributed by atoms with E-state index in [1.807, 2.05) is 19.1 Å². The van der Waals surface area contributed by atoms with Crippen LogP contribution < -0.4 is 5.32 Å². The summed E-state index contributed by atoms with van der Waals surface area (Å²) in [6, 6.07) is 3.47. The van der Waals surface area contributed by atoms with Crippen LogP contribution in [0.4, 0.5) is 0 Å². The van der Waals surface area contributed by atoms with Gasteiger partial charge in [0, 0.05) is 13.5 Å². The third-order valence-corrected chi connectivity index (χ3v) is 2.97. The summed E-state index contributed by atoms with van der Waals surface area (Å²) in [5.41, 5.74) is 0. The molecule has 17 heavy (non-hydrogen) atoms. The summed E-state index contributed by atoms with van der Waals surface area (Å²) in [7, 11) is 1.52. The minimum atomic E-state index is -0.289. The van der Waals surface area contributed by atoms with Gasteiger partial charge in [-0.25, -0.2) is 0 Å². The van der Waals surface area contributed by atoms with Crippen LogP contribution in [0, 0.1) is 6.92 Å². The van der Waals surface area contributed by atoms with Crippen LogP contribution in [0.1, 0.15) is 24.4 Å². The van der Waals surface area contributed by atoms with Crippen LogP contribution >= 0.6 is 0 Å². The van der Waals surface area contributed by atoms with Gasteiger partial charge in [-0.05, 0) is 25.5 Å². The van der Waals surface area contributed by atoms with Crippen molar-refractivity contribution in [1.29, 1.82) is 0 Å². The monoisotopic (exact) mass is 236 g/mol. The van der Waals surface area contributed by atoms with Gasteiger partial charge in [0.2, 0.25) is 11.8 Å². The molecule has 5 heteroatoms. The smallest absolute Gasteiger partial charge is 0.246 e. The normalized spacial score (nSPS) is 21.1. The van der Waals surface area contributed by atoms with Crippen LogP contribution in [0.3, 0.4) is 0 Å². The molecule has 0 saturated carbocycles. The van der Waals surface area contributed by atoms with E-state index >= 15 is 0 Å². The summed E-state index contributed by atoms with van der Waals surface area (Å²) < 4.78 is 5.40. The van der Waals surface area contributed by atoms with Crippen LogP contribution in [0.25, 0.3) is 0 Å². The predicted octanol–water partition coefficient (Wildman–Crippen LogP) is 0.825. The average molecular weight is 236 g/mol. The Kier molecular flexibility index (Phi) is 3.28. The quantitative estimate of drug-likeness (QED) is 0.789. The van der Waals surface area contributed by atoms with Gasteiger partial charge in [0.25, 0.3) is 0 Å². The number of piperidine rings is 1. The summed E-state index contributed by atoms with van der Waals surface area (Å²) in [5, 5.41) is 3.11. The average Bonchev–Trinajstić information content (AvgIpc) is 2.71. The highest BCUT2D eigenvalue weighted by atomic mass is 16.3. The Hall–Kier alpha value is -1.62. The SMILES string of the molecule is Cc1ccc(CNC2CCC(=O)N(C)C2=O)o1. The van der Waals surface area contributed by atoms with Gasteiger partial charge in [-0.15, -0.1) is 0 Å². The third kappa shape index (κ3) is 2.55. The van der Waals surface area contributed by atoms with Crippen molar-refractivity contribution in [3.05, 3.63) is 23.7 Å². The minimum absolute atomic E-state index is 0.109. The highest BCUT2D eigenvalue weighted by molar-refractivity contribution is 6.00. The Morgan fingerprint density at radius 2 is 2.24 bits per heavy atom. The number of likely N-dealkylation sites (N-methyl/N-ethyl adjacent to an activating group) is 1. The number of imide groups is 1. The first-order valence-corrected chi connectivity index (χ1v) is 5.67. The van der Waals surface area contributed by atoms with Gasteiger partial charge in [0.05, 0.1) is 12.6 Å². The number of aryl methyl sites for hydroxylation is 1. The predicted molar refractivity (Wildman–Crippen MR) is 61.1 cm³/mol. The van der Waals surface area contributed by atoms with Crippen LogP contribution in [0.15, 0.2) is 16.5 Å². The van der Waals surface area contributed by atoms with Crippen LogP contribution in [0.2, 0.25) is 0 Å². The lowest BCUT2D eigenvalue weighted by Gasteiger charge is -2.28. The molecule has 2 amide bonds. The second-order valence-corrected chi connectivity index (χ2v) is 4.28. The van der Waals surface area contributed by atoms with Gasteiger partial charge in [0.15, 0.2) is 0 Å². The molecule has 2 rings (SSSR count). The summed E-state index contributed by atoms with van der Waals surface area (Å²) >= 11 is 0. The molecule has 1 unspecified atom stereocenters. The van der Waals surface area contributed by atoms with E-state index in [1.54, 1.807) is 0 Å². The van der Waals surface area contributed by atoms with E-state index < -0.39 is 0 Å². The number of nitrogens with zero attached hydrogens (tertiary/aromatic N) is 1. The molecule has 1 fully saturated rings. The maximum atomic E-state index is 11.8. The third-order valence-electron chi connectivity index (χ3n) is 2.97. The van der Waals surface area contributed by atoms with Crippen molar-refractivity contribution in [2.75, 3.05) is 7.05 Å².